The van der Waals surface area contributed by atoms with E-state index in [1.807, 2.05) is 57.2 Å². The van der Waals surface area contributed by atoms with Gasteiger partial charge in [0, 0.05) is 11.6 Å². The van der Waals surface area contributed by atoms with E-state index in [1.54, 1.807) is 24.1 Å². The molecule has 1 heterocycles. The van der Waals surface area contributed by atoms with E-state index in [1.165, 1.54) is 0 Å². The second-order valence-corrected chi connectivity index (χ2v) is 6.60. The van der Waals surface area contributed by atoms with Crippen LogP contribution in [0.3, 0.4) is 0 Å². The summed E-state index contributed by atoms with van der Waals surface area (Å²) in [5.41, 5.74) is 2.55. The maximum Gasteiger partial charge on any atom is 0.258 e. The van der Waals surface area contributed by atoms with Crippen molar-refractivity contribution in [2.75, 3.05) is 7.11 Å². The van der Waals surface area contributed by atoms with Crippen LogP contribution >= 0.6 is 0 Å². The van der Waals surface area contributed by atoms with Crippen LogP contribution in [0, 0.1) is 6.92 Å². The summed E-state index contributed by atoms with van der Waals surface area (Å²) in [4.78, 5) is 19.2. The number of para-hydroxylation sites is 1. The first-order valence-corrected chi connectivity index (χ1v) is 8.83. The van der Waals surface area contributed by atoms with E-state index < -0.39 is 0 Å². The summed E-state index contributed by atoms with van der Waals surface area (Å²) in [6, 6.07) is 15.0. The number of carbonyl (C=O) groups excluding carboxylic acids is 1. The highest BCUT2D eigenvalue weighted by molar-refractivity contribution is 5.97. The molecule has 0 bridgehead atoms. The van der Waals surface area contributed by atoms with Crippen molar-refractivity contribution < 1.29 is 14.1 Å². The van der Waals surface area contributed by atoms with Crippen LogP contribution in [0.1, 0.15) is 35.7 Å². The lowest BCUT2D eigenvalue weighted by atomic mass is 10.1. The van der Waals surface area contributed by atoms with Crippen LogP contribution in [0.25, 0.3) is 11.4 Å². The highest BCUT2D eigenvalue weighted by atomic mass is 16.5. The van der Waals surface area contributed by atoms with Gasteiger partial charge >= 0.3 is 0 Å². The highest BCUT2D eigenvalue weighted by Gasteiger charge is 2.24. The minimum atomic E-state index is -0.141. The molecule has 27 heavy (non-hydrogen) atoms. The zero-order chi connectivity index (χ0) is 19.4. The lowest BCUT2D eigenvalue weighted by Gasteiger charge is -2.25. The molecule has 0 unspecified atom stereocenters. The average Bonchev–Trinajstić information content (AvgIpc) is 3.14. The number of hydrogen-bond acceptors (Lipinski definition) is 5. The molecule has 1 amide bonds. The zero-order valence-electron chi connectivity index (χ0n) is 16.0. The standard InChI is InChI=1S/C21H23N3O3/c1-14(2)24(21(25)17-7-5-6-8-18(17)26-4)13-19-22-20(23-27-19)16-11-9-15(3)10-12-16/h5-12,14H,13H2,1-4H3. The van der Waals surface area contributed by atoms with Crippen molar-refractivity contribution in [3.05, 3.63) is 65.5 Å². The summed E-state index contributed by atoms with van der Waals surface area (Å²) in [5.74, 6) is 1.30. The van der Waals surface area contributed by atoms with E-state index >= 15 is 0 Å². The molecule has 6 heteroatoms. The van der Waals surface area contributed by atoms with Gasteiger partial charge in [-0.1, -0.05) is 47.1 Å². The smallest absolute Gasteiger partial charge is 0.258 e. The van der Waals surface area contributed by atoms with Gasteiger partial charge < -0.3 is 14.2 Å². The van der Waals surface area contributed by atoms with Gasteiger partial charge in [-0.25, -0.2) is 0 Å². The molecule has 2 aromatic carbocycles. The van der Waals surface area contributed by atoms with E-state index in [9.17, 15) is 4.79 Å². The third-order valence-electron chi connectivity index (χ3n) is 4.31. The first-order chi connectivity index (χ1) is 13.0. The molecule has 0 saturated carbocycles. The van der Waals surface area contributed by atoms with Gasteiger partial charge in [0.05, 0.1) is 12.7 Å². The van der Waals surface area contributed by atoms with Crippen LogP contribution in [0.2, 0.25) is 0 Å². The second-order valence-electron chi connectivity index (χ2n) is 6.60. The van der Waals surface area contributed by atoms with E-state index in [4.69, 9.17) is 9.26 Å². The number of methoxy groups -OCH3 is 1. The maximum absolute atomic E-state index is 13.0. The van der Waals surface area contributed by atoms with Crippen LogP contribution in [0.15, 0.2) is 53.1 Å². The largest absolute Gasteiger partial charge is 0.496 e. The summed E-state index contributed by atoms with van der Waals surface area (Å²) in [5, 5.41) is 4.05. The van der Waals surface area contributed by atoms with Crippen LogP contribution in [-0.4, -0.2) is 34.1 Å². The van der Waals surface area contributed by atoms with Crippen molar-refractivity contribution in [3.63, 3.8) is 0 Å². The van der Waals surface area contributed by atoms with Gasteiger partial charge in [-0.05, 0) is 32.9 Å². The first-order valence-electron chi connectivity index (χ1n) is 8.83. The van der Waals surface area contributed by atoms with Gasteiger partial charge in [0.15, 0.2) is 0 Å². The molecule has 0 spiro atoms. The predicted octanol–water partition coefficient (Wildman–Crippen LogP) is 4.10. The molecule has 3 aromatic rings. The number of hydrogen-bond donors (Lipinski definition) is 0. The van der Waals surface area contributed by atoms with Crippen molar-refractivity contribution in [1.82, 2.24) is 15.0 Å². The summed E-state index contributed by atoms with van der Waals surface area (Å²) < 4.78 is 10.7. The van der Waals surface area contributed by atoms with Crippen molar-refractivity contribution in [3.8, 4) is 17.1 Å². The lowest BCUT2D eigenvalue weighted by Crippen LogP contribution is -2.36. The fourth-order valence-corrected chi connectivity index (χ4v) is 2.75. The molecule has 0 N–H and O–H groups in total. The Morgan fingerprint density at radius 2 is 1.85 bits per heavy atom. The van der Waals surface area contributed by atoms with Crippen LogP contribution in [-0.2, 0) is 6.54 Å². The quantitative estimate of drug-likeness (QED) is 0.658. The van der Waals surface area contributed by atoms with Crippen LogP contribution < -0.4 is 4.74 Å². The van der Waals surface area contributed by atoms with Gasteiger partial charge in [-0.15, -0.1) is 0 Å². The molecular formula is C21H23N3O3. The molecule has 3 rings (SSSR count). The topological polar surface area (TPSA) is 68.5 Å². The molecular weight excluding hydrogens is 342 g/mol. The SMILES string of the molecule is COc1ccccc1C(=O)N(Cc1nc(-c2ccc(C)cc2)no1)C(C)C. The number of amides is 1. The van der Waals surface area contributed by atoms with E-state index in [0.29, 0.717) is 23.0 Å². The third-order valence-corrected chi connectivity index (χ3v) is 4.31. The van der Waals surface area contributed by atoms with Crippen LogP contribution in [0.5, 0.6) is 5.75 Å². The number of nitrogens with zero attached hydrogens (tertiary/aromatic N) is 3. The summed E-state index contributed by atoms with van der Waals surface area (Å²) >= 11 is 0. The van der Waals surface area contributed by atoms with E-state index in [0.717, 1.165) is 11.1 Å². The zero-order valence-corrected chi connectivity index (χ0v) is 16.0. The van der Waals surface area contributed by atoms with Crippen molar-refractivity contribution in [1.29, 1.82) is 0 Å². The first kappa shape index (κ1) is 18.6. The Hall–Kier alpha value is -3.15. The number of aromatic nitrogens is 2. The van der Waals surface area contributed by atoms with Crippen molar-refractivity contribution in [2.24, 2.45) is 0 Å². The molecule has 0 atom stereocenters. The Morgan fingerprint density at radius 1 is 1.15 bits per heavy atom. The number of aryl methyl sites for hydroxylation is 1. The number of rotatable bonds is 6. The normalized spacial score (nSPS) is 10.9. The Kier molecular flexibility index (Phi) is 5.54. The molecule has 0 aliphatic rings. The van der Waals surface area contributed by atoms with Crippen molar-refractivity contribution in [2.45, 2.75) is 33.4 Å². The average molecular weight is 365 g/mol. The number of benzene rings is 2. The molecule has 0 aliphatic heterocycles. The minimum absolute atomic E-state index is 0.0443. The summed E-state index contributed by atoms with van der Waals surface area (Å²) in [6.45, 7) is 6.15. The van der Waals surface area contributed by atoms with Gasteiger partial charge in [0.1, 0.15) is 12.3 Å². The molecule has 0 saturated heterocycles. The lowest BCUT2D eigenvalue weighted by molar-refractivity contribution is 0.0664. The van der Waals surface area contributed by atoms with Crippen LogP contribution in [0.4, 0.5) is 0 Å². The number of carbonyl (C=O) groups is 1. The molecule has 0 radical (unpaired) electrons. The summed E-state index contributed by atoms with van der Waals surface area (Å²) in [7, 11) is 1.55. The summed E-state index contributed by atoms with van der Waals surface area (Å²) in [6.07, 6.45) is 0. The second kappa shape index (κ2) is 8.03. The Balaban J connectivity index is 1.83. The van der Waals surface area contributed by atoms with Gasteiger partial charge in [-0.3, -0.25) is 4.79 Å². The molecule has 0 aliphatic carbocycles. The molecule has 1 aromatic heterocycles. The van der Waals surface area contributed by atoms with Gasteiger partial charge in [0.2, 0.25) is 11.7 Å². The van der Waals surface area contributed by atoms with Gasteiger partial charge in [0.25, 0.3) is 5.91 Å². The van der Waals surface area contributed by atoms with Gasteiger partial charge in [-0.2, -0.15) is 4.98 Å². The predicted molar refractivity (Wildman–Crippen MR) is 102 cm³/mol. The fraction of sp³-hybridized carbons (Fsp3) is 0.286. The monoisotopic (exact) mass is 365 g/mol. The fourth-order valence-electron chi connectivity index (χ4n) is 2.75. The Bertz CT molecular complexity index is 916. The third kappa shape index (κ3) is 4.16. The van der Waals surface area contributed by atoms with E-state index in [2.05, 4.69) is 10.1 Å². The molecule has 0 fully saturated rings. The molecule has 140 valence electrons. The molecule has 6 nitrogen and oxygen atoms in total. The highest BCUT2D eigenvalue weighted by Crippen LogP contribution is 2.22. The minimum Gasteiger partial charge on any atom is -0.496 e. The Labute approximate surface area is 158 Å². The van der Waals surface area contributed by atoms with E-state index in [-0.39, 0.29) is 18.5 Å². The number of ether oxygens (including phenoxy) is 1. The maximum atomic E-state index is 13.0. The van der Waals surface area contributed by atoms with Crippen molar-refractivity contribution >= 4 is 5.91 Å². The Morgan fingerprint density at radius 3 is 2.52 bits per heavy atom.